The molecule has 0 aromatic carbocycles. The predicted octanol–water partition coefficient (Wildman–Crippen LogP) is 27.5. The zero-order valence-electron chi connectivity index (χ0n) is 71.0. The van der Waals surface area contributed by atoms with Crippen LogP contribution in [-0.2, 0) is 65.4 Å². The van der Waals surface area contributed by atoms with E-state index in [2.05, 4.69) is 34.6 Å². The largest absolute Gasteiger partial charge is 0.472 e. The summed E-state index contributed by atoms with van der Waals surface area (Å²) < 4.78 is 68.9. The second-order valence-electron chi connectivity index (χ2n) is 32.2. The van der Waals surface area contributed by atoms with Crippen molar-refractivity contribution in [2.45, 2.75) is 502 Å². The van der Waals surface area contributed by atoms with Crippen LogP contribution in [0.4, 0.5) is 0 Å². The summed E-state index contributed by atoms with van der Waals surface area (Å²) in [6.07, 6.45) is 76.6. The van der Waals surface area contributed by atoms with Gasteiger partial charge in [-0.3, -0.25) is 37.3 Å². The van der Waals surface area contributed by atoms with Crippen molar-refractivity contribution in [1.82, 2.24) is 0 Å². The van der Waals surface area contributed by atoms with Crippen molar-refractivity contribution >= 4 is 39.5 Å². The summed E-state index contributed by atoms with van der Waals surface area (Å²) in [4.78, 5) is 73.2. The van der Waals surface area contributed by atoms with E-state index in [9.17, 15) is 43.2 Å². The zero-order chi connectivity index (χ0) is 79.0. The van der Waals surface area contributed by atoms with Gasteiger partial charge in [0.05, 0.1) is 26.4 Å². The lowest BCUT2D eigenvalue weighted by molar-refractivity contribution is -0.161. The molecule has 0 radical (unpaired) electrons. The summed E-state index contributed by atoms with van der Waals surface area (Å²) >= 11 is 0. The normalized spacial score (nSPS) is 14.0. The van der Waals surface area contributed by atoms with Crippen LogP contribution in [0.5, 0.6) is 0 Å². The lowest BCUT2D eigenvalue weighted by Gasteiger charge is -2.21. The number of carbonyl (C=O) groups excluding carboxylic acids is 4. The van der Waals surface area contributed by atoms with E-state index in [1.165, 1.54) is 302 Å². The SMILES string of the molecule is CCCCCCCCCCCCCCCCCCCCCCCCC(=O)O[C@H](COC(=O)CCCCCCCCCCCCCCCCCCCCCC)COP(=O)(O)OC[C@@H](O)COP(=O)(O)OC[C@@H](COC(=O)CCCCCCCCCC)OC(=O)CCCCCCCCCCCCCCCCC(C)CC. The highest BCUT2D eigenvalue weighted by atomic mass is 31.2. The number of aliphatic hydroxyl groups excluding tert-OH is 1. The third-order valence-electron chi connectivity index (χ3n) is 21.4. The van der Waals surface area contributed by atoms with Crippen LogP contribution < -0.4 is 0 Å². The van der Waals surface area contributed by atoms with Crippen LogP contribution in [0.2, 0.25) is 0 Å². The molecule has 3 N–H and O–H groups in total. The number of esters is 4. The van der Waals surface area contributed by atoms with Crippen LogP contribution in [0, 0.1) is 5.92 Å². The maximum Gasteiger partial charge on any atom is 0.472 e. The molecule has 0 aliphatic heterocycles. The molecule has 0 amide bonds. The standard InChI is InChI=1S/C89H174O17P2/c1-6-10-13-16-19-22-24-26-28-30-32-34-35-37-39-41-46-50-54-59-64-69-74-89(94)106-85(79-100-87(92)73-68-63-58-53-49-45-40-38-36-33-31-29-27-25-23-20-17-14-11-7-2)81-104-108(97,98)102-77-83(90)76-101-107(95,96)103-80-84(78-99-86(91)72-67-62-57-21-18-15-12-8-3)105-88(93)75-70-65-60-55-51-47-43-42-44-48-52-56-61-66-71-82(5)9-4/h82-85,90H,6-81H2,1-5H3,(H,95,96)(H,97,98)/t82?,83-,84+,85+/m0/s1. The Balaban J connectivity index is 5.17. The summed E-state index contributed by atoms with van der Waals surface area (Å²) in [5.41, 5.74) is 0. The van der Waals surface area contributed by atoms with Gasteiger partial charge < -0.3 is 33.8 Å². The number of unbranched alkanes of at least 4 members (excludes halogenated alkanes) is 60. The number of aliphatic hydroxyl groups is 1. The Hall–Kier alpha value is -1.94. The molecule has 6 atom stereocenters. The maximum absolute atomic E-state index is 13.2. The van der Waals surface area contributed by atoms with Crippen molar-refractivity contribution in [3.05, 3.63) is 0 Å². The molecule has 3 unspecified atom stereocenters. The second kappa shape index (κ2) is 81.6. The zero-order valence-corrected chi connectivity index (χ0v) is 72.8. The smallest absolute Gasteiger partial charge is 0.462 e. The fourth-order valence-corrected chi connectivity index (χ4v) is 15.5. The summed E-state index contributed by atoms with van der Waals surface area (Å²) in [5.74, 6) is -1.25. The monoisotopic (exact) mass is 1580 g/mol. The van der Waals surface area contributed by atoms with Gasteiger partial charge in [0.2, 0.25) is 0 Å². The molecule has 0 aromatic heterocycles. The minimum Gasteiger partial charge on any atom is -0.462 e. The van der Waals surface area contributed by atoms with Gasteiger partial charge in [0.1, 0.15) is 19.3 Å². The molecule has 0 fully saturated rings. The number of hydrogen-bond acceptors (Lipinski definition) is 15. The van der Waals surface area contributed by atoms with Crippen LogP contribution in [0.3, 0.4) is 0 Å². The first-order valence-corrected chi connectivity index (χ1v) is 49.2. The summed E-state index contributed by atoms with van der Waals surface area (Å²) in [7, 11) is -9.93. The molecule has 17 nitrogen and oxygen atoms in total. The minimum atomic E-state index is -4.97. The number of hydrogen-bond donors (Lipinski definition) is 3. The average Bonchev–Trinajstić information content (AvgIpc) is 0.901. The van der Waals surface area contributed by atoms with Gasteiger partial charge >= 0.3 is 39.5 Å². The first kappa shape index (κ1) is 106. The molecule has 0 aliphatic rings. The minimum absolute atomic E-state index is 0.108. The highest BCUT2D eigenvalue weighted by Gasteiger charge is 2.31. The van der Waals surface area contributed by atoms with Crippen molar-refractivity contribution in [3.63, 3.8) is 0 Å². The van der Waals surface area contributed by atoms with Gasteiger partial charge in [0, 0.05) is 25.7 Å². The van der Waals surface area contributed by atoms with E-state index in [1.807, 2.05) is 0 Å². The van der Waals surface area contributed by atoms with E-state index in [4.69, 9.17) is 37.0 Å². The first-order valence-electron chi connectivity index (χ1n) is 46.2. The third kappa shape index (κ3) is 80.7. The maximum atomic E-state index is 13.2. The fourth-order valence-electron chi connectivity index (χ4n) is 14.0. The highest BCUT2D eigenvalue weighted by Crippen LogP contribution is 2.45. The third-order valence-corrected chi connectivity index (χ3v) is 23.3. The van der Waals surface area contributed by atoms with E-state index < -0.39 is 97.5 Å². The summed E-state index contributed by atoms with van der Waals surface area (Å²) in [6.45, 7) is 7.40. The van der Waals surface area contributed by atoms with Gasteiger partial charge in [-0.25, -0.2) is 9.13 Å². The van der Waals surface area contributed by atoms with Crippen LogP contribution in [0.25, 0.3) is 0 Å². The van der Waals surface area contributed by atoms with E-state index in [-0.39, 0.29) is 25.7 Å². The summed E-state index contributed by atoms with van der Waals surface area (Å²) in [6, 6.07) is 0. The molecule has 19 heteroatoms. The Morgan fingerprint density at radius 1 is 0.259 bits per heavy atom. The van der Waals surface area contributed by atoms with E-state index in [0.29, 0.717) is 25.7 Å². The Bertz CT molecular complexity index is 2050. The molecule has 0 saturated heterocycles. The van der Waals surface area contributed by atoms with Crippen LogP contribution in [0.1, 0.15) is 484 Å². The molecule has 108 heavy (non-hydrogen) atoms. The highest BCUT2D eigenvalue weighted by molar-refractivity contribution is 7.47. The lowest BCUT2D eigenvalue weighted by Crippen LogP contribution is -2.30. The van der Waals surface area contributed by atoms with Gasteiger partial charge in [-0.1, -0.05) is 433 Å². The van der Waals surface area contributed by atoms with Crippen molar-refractivity contribution in [2.75, 3.05) is 39.6 Å². The fraction of sp³-hybridized carbons (Fsp3) is 0.955. The predicted molar refractivity (Wildman–Crippen MR) is 446 cm³/mol. The molecule has 0 aliphatic carbocycles. The van der Waals surface area contributed by atoms with E-state index in [0.717, 1.165) is 102 Å². The molecule has 0 saturated carbocycles. The number of phosphoric ester groups is 2. The van der Waals surface area contributed by atoms with Crippen molar-refractivity contribution < 1.29 is 80.2 Å². The second-order valence-corrected chi connectivity index (χ2v) is 35.1. The van der Waals surface area contributed by atoms with Crippen molar-refractivity contribution in [3.8, 4) is 0 Å². The number of carbonyl (C=O) groups is 4. The Morgan fingerprint density at radius 3 is 0.657 bits per heavy atom. The van der Waals surface area contributed by atoms with Crippen LogP contribution in [0.15, 0.2) is 0 Å². The first-order chi connectivity index (χ1) is 52.6. The molecule has 0 spiro atoms. The molecule has 0 rings (SSSR count). The Labute approximate surface area is 664 Å². The van der Waals surface area contributed by atoms with Gasteiger partial charge in [0.15, 0.2) is 12.2 Å². The Kier molecular flexibility index (Phi) is 80.2. The molecule has 642 valence electrons. The molecule has 0 aromatic rings. The van der Waals surface area contributed by atoms with Gasteiger partial charge in [-0.05, 0) is 31.6 Å². The number of phosphoric acid groups is 2. The van der Waals surface area contributed by atoms with E-state index in [1.54, 1.807) is 0 Å². The van der Waals surface area contributed by atoms with Gasteiger partial charge in [-0.15, -0.1) is 0 Å². The molecular formula is C89H174O17P2. The quantitative estimate of drug-likeness (QED) is 0.0222. The van der Waals surface area contributed by atoms with Crippen LogP contribution in [-0.4, -0.2) is 96.7 Å². The summed E-state index contributed by atoms with van der Waals surface area (Å²) in [5, 5.41) is 10.7. The van der Waals surface area contributed by atoms with Crippen molar-refractivity contribution in [2.24, 2.45) is 5.92 Å². The number of ether oxygens (including phenoxy) is 4. The van der Waals surface area contributed by atoms with Crippen molar-refractivity contribution in [1.29, 1.82) is 0 Å². The van der Waals surface area contributed by atoms with Gasteiger partial charge in [-0.2, -0.15) is 0 Å². The van der Waals surface area contributed by atoms with Crippen LogP contribution >= 0.6 is 15.6 Å². The lowest BCUT2D eigenvalue weighted by atomic mass is 9.99. The number of rotatable bonds is 89. The Morgan fingerprint density at radius 2 is 0.444 bits per heavy atom. The molecule has 0 bridgehead atoms. The van der Waals surface area contributed by atoms with E-state index >= 15 is 0 Å². The van der Waals surface area contributed by atoms with Gasteiger partial charge in [0.25, 0.3) is 0 Å². The topological polar surface area (TPSA) is 237 Å². The molecule has 0 heterocycles. The molecular weight excluding hydrogens is 1400 g/mol. The average molecular weight is 1580 g/mol.